The number of H-pyrrole nitrogens is 1. The van der Waals surface area contributed by atoms with Crippen molar-refractivity contribution >= 4 is 34.8 Å². The summed E-state index contributed by atoms with van der Waals surface area (Å²) >= 11 is 0. The normalized spacial score (nSPS) is 11.6. The third-order valence-electron chi connectivity index (χ3n) is 5.87. The second kappa shape index (κ2) is 12.5. The minimum atomic E-state index is -1.09. The molecule has 5 N–H and O–H groups in total. The van der Waals surface area contributed by atoms with Crippen LogP contribution in [0.2, 0.25) is 0 Å². The van der Waals surface area contributed by atoms with Crippen LogP contribution in [0.3, 0.4) is 0 Å². The number of para-hydroxylation sites is 2. The summed E-state index contributed by atoms with van der Waals surface area (Å²) in [5.41, 5.74) is 3.65. The summed E-state index contributed by atoms with van der Waals surface area (Å²) < 4.78 is 13.6. The van der Waals surface area contributed by atoms with Crippen LogP contribution in [0.5, 0.6) is 0 Å². The van der Waals surface area contributed by atoms with Crippen molar-refractivity contribution in [3.8, 4) is 11.1 Å². The van der Waals surface area contributed by atoms with Crippen LogP contribution in [0.1, 0.15) is 30.9 Å². The Bertz CT molecular complexity index is 1400. The van der Waals surface area contributed by atoms with Crippen molar-refractivity contribution in [3.05, 3.63) is 84.2 Å². The molecule has 9 nitrogen and oxygen atoms in total. The van der Waals surface area contributed by atoms with Crippen molar-refractivity contribution in [2.24, 2.45) is 0 Å². The lowest BCUT2D eigenvalue weighted by Gasteiger charge is -2.19. The predicted octanol–water partition coefficient (Wildman–Crippen LogP) is 4.01. The molecule has 196 valence electrons. The van der Waals surface area contributed by atoms with Crippen molar-refractivity contribution in [1.82, 2.24) is 20.6 Å². The van der Waals surface area contributed by atoms with Gasteiger partial charge in [0.2, 0.25) is 17.8 Å². The maximum Gasteiger partial charge on any atom is 0.305 e. The molecular formula is C28H28FN5O4. The summed E-state index contributed by atoms with van der Waals surface area (Å²) in [7, 11) is 0. The van der Waals surface area contributed by atoms with E-state index in [9.17, 15) is 23.9 Å². The number of carboxylic acid groups (broad SMARTS) is 1. The molecule has 1 heterocycles. The zero-order valence-electron chi connectivity index (χ0n) is 20.5. The maximum atomic E-state index is 13.6. The summed E-state index contributed by atoms with van der Waals surface area (Å²) in [4.78, 5) is 43.7. The summed E-state index contributed by atoms with van der Waals surface area (Å²) in [5.74, 6) is -1.66. The van der Waals surface area contributed by atoms with Crippen LogP contribution in [-0.2, 0) is 14.4 Å². The smallest absolute Gasteiger partial charge is 0.305 e. The van der Waals surface area contributed by atoms with E-state index in [0.717, 1.165) is 11.0 Å². The van der Waals surface area contributed by atoms with Crippen LogP contribution >= 0.6 is 0 Å². The highest BCUT2D eigenvalue weighted by Crippen LogP contribution is 2.25. The minimum Gasteiger partial charge on any atom is -0.481 e. The number of benzene rings is 3. The number of rotatable bonds is 12. The molecule has 0 bridgehead atoms. The van der Waals surface area contributed by atoms with Gasteiger partial charge in [0.05, 0.1) is 30.0 Å². The average molecular weight is 518 g/mol. The monoisotopic (exact) mass is 517 g/mol. The zero-order chi connectivity index (χ0) is 26.9. The number of aromatic nitrogens is 2. The Morgan fingerprint density at radius 1 is 0.947 bits per heavy atom. The number of aliphatic carboxylic acids is 1. The fraction of sp³-hybridized carbons (Fsp3) is 0.214. The molecule has 2 amide bonds. The van der Waals surface area contributed by atoms with Crippen molar-refractivity contribution < 1.29 is 23.9 Å². The molecule has 0 aliphatic rings. The van der Waals surface area contributed by atoms with Gasteiger partial charge in [-0.3, -0.25) is 14.4 Å². The Hall–Kier alpha value is -4.73. The fourth-order valence-electron chi connectivity index (χ4n) is 4.03. The van der Waals surface area contributed by atoms with Gasteiger partial charge in [-0.05, 0) is 53.4 Å². The van der Waals surface area contributed by atoms with E-state index in [-0.39, 0.29) is 31.1 Å². The number of carbonyl (C=O) groups excluding carboxylic acids is 2. The quantitative estimate of drug-likeness (QED) is 0.180. The van der Waals surface area contributed by atoms with Gasteiger partial charge >= 0.3 is 5.97 Å². The summed E-state index contributed by atoms with van der Waals surface area (Å²) in [5, 5.41) is 17.7. The number of hydrogen-bond acceptors (Lipinski definition) is 5. The van der Waals surface area contributed by atoms with Crippen LogP contribution in [-0.4, -0.2) is 45.9 Å². The fourth-order valence-corrected chi connectivity index (χ4v) is 4.03. The molecule has 0 saturated heterocycles. The van der Waals surface area contributed by atoms with Gasteiger partial charge in [-0.25, -0.2) is 9.37 Å². The van der Waals surface area contributed by atoms with E-state index >= 15 is 0 Å². The number of imidazole rings is 1. The number of carboxylic acids is 1. The first-order valence-corrected chi connectivity index (χ1v) is 12.2. The molecule has 4 aromatic rings. The van der Waals surface area contributed by atoms with Gasteiger partial charge in [-0.2, -0.15) is 0 Å². The van der Waals surface area contributed by atoms with Gasteiger partial charge in [0.25, 0.3) is 0 Å². The lowest BCUT2D eigenvalue weighted by molar-refractivity contribution is -0.138. The van der Waals surface area contributed by atoms with Gasteiger partial charge in [-0.1, -0.05) is 42.5 Å². The molecule has 10 heteroatoms. The highest BCUT2D eigenvalue weighted by atomic mass is 19.1. The molecule has 0 aliphatic carbocycles. The first-order valence-electron chi connectivity index (χ1n) is 12.2. The molecule has 1 aromatic heterocycles. The Morgan fingerprint density at radius 3 is 2.47 bits per heavy atom. The average Bonchev–Trinajstić information content (AvgIpc) is 3.32. The number of nitrogens with zero attached hydrogens (tertiary/aromatic N) is 1. The standard InChI is InChI=1S/C28H28FN5O4/c29-21-9-4-7-19(15-21)18-6-3-8-20(14-18)24(16-27(37)38)32-26(36)17-31-25(35)12-5-13-30-28-33-22-10-1-2-11-23(22)34-28/h1-4,6-11,14-15,24H,5,12-13,16-17H2,(H,31,35)(H,32,36)(H,37,38)(H2,30,33,34). The Balaban J connectivity index is 1.26. The Labute approximate surface area is 218 Å². The topological polar surface area (TPSA) is 136 Å². The lowest BCUT2D eigenvalue weighted by Crippen LogP contribution is -2.39. The number of nitrogens with one attached hydrogen (secondary N) is 4. The van der Waals surface area contributed by atoms with E-state index in [1.807, 2.05) is 24.3 Å². The highest BCUT2D eigenvalue weighted by Gasteiger charge is 2.19. The van der Waals surface area contributed by atoms with Gasteiger partial charge in [-0.15, -0.1) is 0 Å². The first kappa shape index (κ1) is 26.3. The number of amides is 2. The van der Waals surface area contributed by atoms with E-state index < -0.39 is 17.9 Å². The minimum absolute atomic E-state index is 0.203. The zero-order valence-corrected chi connectivity index (χ0v) is 20.5. The lowest BCUT2D eigenvalue weighted by atomic mass is 9.97. The number of fused-ring (bicyclic) bond motifs is 1. The third kappa shape index (κ3) is 7.39. The van der Waals surface area contributed by atoms with Crippen LogP contribution < -0.4 is 16.0 Å². The molecule has 0 radical (unpaired) electrons. The van der Waals surface area contributed by atoms with Crippen LogP contribution in [0.4, 0.5) is 10.3 Å². The molecule has 1 unspecified atom stereocenters. The third-order valence-corrected chi connectivity index (χ3v) is 5.87. The number of halogens is 1. The Kier molecular flexibility index (Phi) is 8.65. The molecule has 38 heavy (non-hydrogen) atoms. The van der Waals surface area contributed by atoms with Crippen molar-refractivity contribution in [2.75, 3.05) is 18.4 Å². The van der Waals surface area contributed by atoms with Crippen molar-refractivity contribution in [1.29, 1.82) is 0 Å². The second-order valence-corrected chi connectivity index (χ2v) is 8.76. The molecular weight excluding hydrogens is 489 g/mol. The number of hydrogen-bond donors (Lipinski definition) is 5. The Morgan fingerprint density at radius 2 is 1.71 bits per heavy atom. The number of carbonyl (C=O) groups is 3. The SMILES string of the molecule is O=C(O)CC(NC(=O)CNC(=O)CCCNc1nc2ccccc2[nH]1)c1cccc(-c2cccc(F)c2)c1. The molecule has 1 atom stereocenters. The molecule has 0 aliphatic heterocycles. The highest BCUT2D eigenvalue weighted by molar-refractivity contribution is 5.85. The van der Waals surface area contributed by atoms with Crippen molar-refractivity contribution in [3.63, 3.8) is 0 Å². The largest absolute Gasteiger partial charge is 0.481 e. The first-order chi connectivity index (χ1) is 18.4. The van der Waals surface area contributed by atoms with Gasteiger partial charge in [0, 0.05) is 13.0 Å². The van der Waals surface area contributed by atoms with E-state index in [0.29, 0.717) is 35.6 Å². The molecule has 0 fully saturated rings. The maximum absolute atomic E-state index is 13.6. The summed E-state index contributed by atoms with van der Waals surface area (Å²) in [6, 6.07) is 19.8. The van der Waals surface area contributed by atoms with Crippen molar-refractivity contribution in [2.45, 2.75) is 25.3 Å². The molecule has 4 rings (SSSR count). The van der Waals surface area contributed by atoms with Gasteiger partial charge < -0.3 is 26.0 Å². The second-order valence-electron chi connectivity index (χ2n) is 8.76. The van der Waals surface area contributed by atoms with E-state index in [1.165, 1.54) is 12.1 Å². The summed E-state index contributed by atoms with van der Waals surface area (Å²) in [6.07, 6.45) is 0.382. The molecule has 3 aromatic carbocycles. The van der Waals surface area contributed by atoms with Gasteiger partial charge in [0.15, 0.2) is 0 Å². The predicted molar refractivity (Wildman–Crippen MR) is 142 cm³/mol. The van der Waals surface area contributed by atoms with Crippen LogP contribution in [0.25, 0.3) is 22.2 Å². The van der Waals surface area contributed by atoms with Crippen LogP contribution in [0, 0.1) is 5.82 Å². The van der Waals surface area contributed by atoms with E-state index in [4.69, 9.17) is 0 Å². The van der Waals surface area contributed by atoms with Gasteiger partial charge in [0.1, 0.15) is 5.82 Å². The molecule has 0 saturated carbocycles. The van der Waals surface area contributed by atoms with Crippen LogP contribution in [0.15, 0.2) is 72.8 Å². The number of anilines is 1. The number of aromatic amines is 1. The summed E-state index contributed by atoms with van der Waals surface area (Å²) in [6.45, 7) is 0.233. The molecule has 0 spiro atoms. The van der Waals surface area contributed by atoms with E-state index in [1.54, 1.807) is 36.4 Å². The van der Waals surface area contributed by atoms with E-state index in [2.05, 4.69) is 25.9 Å².